The van der Waals surface area contributed by atoms with Crippen LogP contribution in [0.5, 0.6) is 0 Å². The molecule has 10 nitrogen and oxygen atoms in total. The molecule has 54 heavy (non-hydrogen) atoms. The van der Waals surface area contributed by atoms with Crippen LogP contribution in [-0.2, 0) is 27.3 Å². The average molecular weight is 730 g/mol. The lowest BCUT2D eigenvalue weighted by atomic mass is 9.81. The second kappa shape index (κ2) is 16.0. The first kappa shape index (κ1) is 37.1. The summed E-state index contributed by atoms with van der Waals surface area (Å²) in [5.41, 5.74) is 6.47. The lowest BCUT2D eigenvalue weighted by Gasteiger charge is -2.29. The van der Waals surface area contributed by atoms with Crippen molar-refractivity contribution in [2.24, 2.45) is 5.92 Å². The Morgan fingerprint density at radius 1 is 0.926 bits per heavy atom. The number of hydrogen-bond acceptors (Lipinski definition) is 5. The Kier molecular flexibility index (Phi) is 11.0. The van der Waals surface area contributed by atoms with Crippen LogP contribution in [0.4, 0.5) is 5.69 Å². The maximum Gasteiger partial charge on any atom is 0.328 e. The van der Waals surface area contributed by atoms with Crippen LogP contribution in [0.15, 0.2) is 72.8 Å². The Hall–Kier alpha value is -5.22. The number of carbonyl (C=O) groups is 4. The topological polar surface area (TPSA) is 133 Å². The smallest absolute Gasteiger partial charge is 0.328 e. The predicted octanol–water partition coefficient (Wildman–Crippen LogP) is 6.99. The van der Waals surface area contributed by atoms with Crippen LogP contribution in [0, 0.1) is 5.92 Å². The normalized spacial score (nSPS) is 18.2. The Balaban J connectivity index is 1.22. The van der Waals surface area contributed by atoms with E-state index < -0.39 is 11.5 Å². The van der Waals surface area contributed by atoms with E-state index in [1.807, 2.05) is 26.2 Å². The van der Waals surface area contributed by atoms with Crippen molar-refractivity contribution in [2.45, 2.75) is 82.2 Å². The number of carbonyl (C=O) groups excluding carboxylic acids is 3. The number of benzene rings is 3. The number of amides is 3. The minimum atomic E-state index is -1.06. The second-order valence-electron chi connectivity index (χ2n) is 15.6. The van der Waals surface area contributed by atoms with Crippen LogP contribution in [0.3, 0.4) is 0 Å². The molecular formula is C44H51N5O5. The zero-order chi connectivity index (χ0) is 37.8. The lowest BCUT2D eigenvalue weighted by Crippen LogP contribution is -2.55. The number of fused-ring (bicyclic) bond motifs is 5. The molecule has 3 amide bonds. The number of nitrogens with zero attached hydrogens (tertiary/aromatic N) is 2. The number of anilines is 1. The van der Waals surface area contributed by atoms with Gasteiger partial charge in [0.15, 0.2) is 0 Å². The van der Waals surface area contributed by atoms with Gasteiger partial charge in [-0.25, -0.2) is 4.79 Å². The summed E-state index contributed by atoms with van der Waals surface area (Å²) < 4.78 is 2.31. The minimum absolute atomic E-state index is 0.0371. The molecule has 1 atom stereocenters. The van der Waals surface area contributed by atoms with E-state index in [1.54, 1.807) is 24.3 Å². The third-order valence-electron chi connectivity index (χ3n) is 11.6. The summed E-state index contributed by atoms with van der Waals surface area (Å²) in [7, 11) is 4.00. The quantitative estimate of drug-likeness (QED) is 0.123. The molecule has 1 aromatic heterocycles. The van der Waals surface area contributed by atoms with E-state index in [2.05, 4.69) is 55.7 Å². The monoisotopic (exact) mass is 729 g/mol. The van der Waals surface area contributed by atoms with E-state index in [9.17, 15) is 19.2 Å². The highest BCUT2D eigenvalue weighted by Gasteiger charge is 2.43. The van der Waals surface area contributed by atoms with Crippen molar-refractivity contribution in [2.75, 3.05) is 32.5 Å². The van der Waals surface area contributed by atoms with E-state index in [-0.39, 0.29) is 23.6 Å². The molecule has 4 N–H and O–H groups in total. The minimum Gasteiger partial charge on any atom is -0.478 e. The van der Waals surface area contributed by atoms with Crippen LogP contribution in [-0.4, -0.2) is 71.0 Å². The van der Waals surface area contributed by atoms with Crippen molar-refractivity contribution >= 4 is 46.4 Å². The zero-order valence-corrected chi connectivity index (χ0v) is 31.3. The molecule has 1 unspecified atom stereocenters. The van der Waals surface area contributed by atoms with Gasteiger partial charge in [0, 0.05) is 53.4 Å². The number of nitrogens with one attached hydrogen (secondary N) is 3. The summed E-state index contributed by atoms with van der Waals surface area (Å²) in [6.07, 6.45) is 11.7. The molecule has 3 aromatic carbocycles. The van der Waals surface area contributed by atoms with E-state index in [4.69, 9.17) is 5.11 Å². The SMILES string of the molecule is CN(C)CCNC(=O)C1Cc2ccccc2-c2c(C3CCCCC3)c3ccc(C(=O)NC4(C(=O)Nc5ccc(C=CC(=O)O)cc5)CCCC4)cc3n2C1. The molecule has 282 valence electrons. The molecule has 0 bridgehead atoms. The van der Waals surface area contributed by atoms with E-state index in [0.29, 0.717) is 55.1 Å². The highest BCUT2D eigenvalue weighted by atomic mass is 16.4. The summed E-state index contributed by atoms with van der Waals surface area (Å²) in [6.45, 7) is 1.84. The molecular weight excluding hydrogens is 679 g/mol. The van der Waals surface area contributed by atoms with Crippen molar-refractivity contribution in [3.05, 3.63) is 95.1 Å². The van der Waals surface area contributed by atoms with Gasteiger partial charge >= 0.3 is 5.97 Å². The number of rotatable bonds is 11. The molecule has 0 saturated heterocycles. The molecule has 2 saturated carbocycles. The van der Waals surface area contributed by atoms with Crippen molar-refractivity contribution in [3.63, 3.8) is 0 Å². The van der Waals surface area contributed by atoms with Crippen LogP contribution in [0.2, 0.25) is 0 Å². The molecule has 1 aliphatic heterocycles. The van der Waals surface area contributed by atoms with Gasteiger partial charge in [-0.3, -0.25) is 14.4 Å². The van der Waals surface area contributed by atoms with Gasteiger partial charge in [0.2, 0.25) is 11.8 Å². The van der Waals surface area contributed by atoms with Crippen molar-refractivity contribution in [3.8, 4) is 11.3 Å². The van der Waals surface area contributed by atoms with Gasteiger partial charge in [-0.1, -0.05) is 74.6 Å². The highest BCUT2D eigenvalue weighted by Crippen LogP contribution is 2.47. The molecule has 2 heterocycles. The standard InChI is InChI=1S/C44H51N5O5/c1-48(2)25-24-45-41(52)33-26-31-12-6-7-13-35(31)40-39(30-10-4-3-5-11-30)36-20-17-32(27-37(36)49(40)28-33)42(53)47-44(22-8-9-23-44)43(54)46-34-18-14-29(15-19-34)16-21-38(50)51/h6-7,12-21,27,30,33H,3-5,8-11,22-26,28H2,1-2H3,(H,45,52)(H,46,54)(H,47,53)(H,50,51). The molecule has 2 fully saturated rings. The molecule has 4 aromatic rings. The fourth-order valence-corrected chi connectivity index (χ4v) is 8.78. The summed E-state index contributed by atoms with van der Waals surface area (Å²) in [4.78, 5) is 54.9. The summed E-state index contributed by atoms with van der Waals surface area (Å²) >= 11 is 0. The third-order valence-corrected chi connectivity index (χ3v) is 11.6. The zero-order valence-electron chi connectivity index (χ0n) is 31.3. The second-order valence-corrected chi connectivity index (χ2v) is 15.6. The van der Waals surface area contributed by atoms with Gasteiger partial charge in [-0.15, -0.1) is 0 Å². The van der Waals surface area contributed by atoms with Crippen LogP contribution in [0.1, 0.15) is 90.8 Å². The van der Waals surface area contributed by atoms with Gasteiger partial charge in [0.25, 0.3) is 5.91 Å². The van der Waals surface area contributed by atoms with Gasteiger partial charge in [-0.05, 0) is 99.1 Å². The van der Waals surface area contributed by atoms with Crippen LogP contribution in [0.25, 0.3) is 28.2 Å². The largest absolute Gasteiger partial charge is 0.478 e. The maximum absolute atomic E-state index is 14.2. The third kappa shape index (κ3) is 7.85. The first-order chi connectivity index (χ1) is 26.1. The number of carboxylic acids is 1. The number of aliphatic carboxylic acids is 1. The Morgan fingerprint density at radius 3 is 2.39 bits per heavy atom. The van der Waals surface area contributed by atoms with E-state index in [0.717, 1.165) is 54.8 Å². The van der Waals surface area contributed by atoms with Crippen LogP contribution < -0.4 is 16.0 Å². The van der Waals surface area contributed by atoms with Crippen molar-refractivity contribution < 1.29 is 24.3 Å². The lowest BCUT2D eigenvalue weighted by molar-refractivity contribution is -0.131. The number of hydrogen-bond donors (Lipinski definition) is 4. The molecule has 3 aliphatic rings. The molecule has 7 rings (SSSR count). The van der Waals surface area contributed by atoms with Gasteiger partial charge < -0.3 is 30.5 Å². The summed E-state index contributed by atoms with van der Waals surface area (Å²) in [6, 6.07) is 21.4. The highest BCUT2D eigenvalue weighted by molar-refractivity contribution is 6.06. The fourth-order valence-electron chi connectivity index (χ4n) is 8.78. The van der Waals surface area contributed by atoms with E-state index in [1.165, 1.54) is 42.2 Å². The van der Waals surface area contributed by atoms with Gasteiger partial charge in [0.1, 0.15) is 5.54 Å². The predicted molar refractivity (Wildman–Crippen MR) is 212 cm³/mol. The number of likely N-dealkylation sites (N-methyl/N-ethyl adjacent to an activating group) is 1. The molecule has 0 radical (unpaired) electrons. The van der Waals surface area contributed by atoms with Crippen LogP contribution >= 0.6 is 0 Å². The average Bonchev–Trinajstić information content (AvgIpc) is 3.72. The Morgan fingerprint density at radius 2 is 1.67 bits per heavy atom. The van der Waals surface area contributed by atoms with Crippen molar-refractivity contribution in [1.29, 1.82) is 0 Å². The Labute approximate surface area is 317 Å². The van der Waals surface area contributed by atoms with Crippen molar-refractivity contribution in [1.82, 2.24) is 20.1 Å². The van der Waals surface area contributed by atoms with E-state index >= 15 is 0 Å². The summed E-state index contributed by atoms with van der Waals surface area (Å²) in [5, 5.41) is 19.4. The first-order valence-corrected chi connectivity index (χ1v) is 19.4. The first-order valence-electron chi connectivity index (χ1n) is 19.4. The van der Waals surface area contributed by atoms with Gasteiger partial charge in [0.05, 0.1) is 11.6 Å². The summed E-state index contributed by atoms with van der Waals surface area (Å²) in [5.74, 6) is -1.45. The Bertz CT molecular complexity index is 2070. The maximum atomic E-state index is 14.2. The van der Waals surface area contributed by atoms with Gasteiger partial charge in [-0.2, -0.15) is 0 Å². The molecule has 0 spiro atoms. The number of aromatic nitrogens is 1. The molecule has 10 heteroatoms. The fraction of sp³-hybridized carbons (Fsp3) is 0.409. The number of carboxylic acid groups (broad SMARTS) is 1. The molecule has 2 aliphatic carbocycles.